The van der Waals surface area contributed by atoms with Crippen LogP contribution < -0.4 is 26.2 Å². The highest BCUT2D eigenvalue weighted by Gasteiger charge is 2.40. The van der Waals surface area contributed by atoms with Crippen molar-refractivity contribution in [2.24, 2.45) is 0 Å². The molecule has 1 fully saturated rings. The first-order valence-corrected chi connectivity index (χ1v) is 27.1. The predicted molar refractivity (Wildman–Crippen MR) is 282 cm³/mol. The number of carbonyl (C=O) groups is 2. The van der Waals surface area contributed by atoms with Crippen molar-refractivity contribution in [3.63, 3.8) is 0 Å². The number of carbonyl (C=O) groups excluding carboxylic acids is 2. The van der Waals surface area contributed by atoms with Gasteiger partial charge < -0.3 is 39.4 Å². The summed E-state index contributed by atoms with van der Waals surface area (Å²) in [6.07, 6.45) is 6.04. The number of phenolic OH excluding ortho intramolecular Hbond substituents is 1. The summed E-state index contributed by atoms with van der Waals surface area (Å²) in [6.45, 7) is 17.7. The summed E-state index contributed by atoms with van der Waals surface area (Å²) >= 11 is 0. The molecular formula is C57H68N4O8Si. The quantitative estimate of drug-likeness (QED) is 0.0595. The minimum absolute atomic E-state index is 0.0183. The molecule has 1 aromatic heterocycles. The van der Waals surface area contributed by atoms with Gasteiger partial charge in [-0.05, 0) is 141 Å². The lowest BCUT2D eigenvalue weighted by atomic mass is 9.93. The second-order valence-corrected chi connectivity index (χ2v) is 25.4. The lowest BCUT2D eigenvalue weighted by molar-refractivity contribution is 0.0440. The fourth-order valence-electron chi connectivity index (χ4n) is 8.20. The Labute approximate surface area is 413 Å². The van der Waals surface area contributed by atoms with Gasteiger partial charge in [0, 0.05) is 36.1 Å². The molecule has 70 heavy (non-hydrogen) atoms. The molecule has 6 aromatic rings. The van der Waals surface area contributed by atoms with Crippen LogP contribution in [0.1, 0.15) is 95.6 Å². The summed E-state index contributed by atoms with van der Waals surface area (Å²) in [5.41, 5.74) is 6.15. The summed E-state index contributed by atoms with van der Waals surface area (Å²) in [6, 6.07) is 38.7. The first-order valence-electron chi connectivity index (χ1n) is 24.2. The SMILES string of the molecule is CC(C)(C)OC(=O)N[C@H]1CC[C@H](OC(=O)Nc2cc(C=CCc3ccc(Oc4ccc(CNC[C@H](O[Si](C)(C)C(C)(C)C)c5ccc(O)c6[nH]c(=O)ccc56)cc4)cc3)ccc2-c2ccccc2)CC1. The number of anilines is 1. The van der Waals surface area contributed by atoms with Gasteiger partial charge >= 0.3 is 12.2 Å². The van der Waals surface area contributed by atoms with Crippen molar-refractivity contribution in [1.29, 1.82) is 0 Å². The maximum Gasteiger partial charge on any atom is 0.411 e. The van der Waals surface area contributed by atoms with Crippen LogP contribution in [0.25, 0.3) is 28.1 Å². The summed E-state index contributed by atoms with van der Waals surface area (Å²) in [5, 5.41) is 20.8. The van der Waals surface area contributed by atoms with E-state index in [0.29, 0.717) is 56.4 Å². The maximum absolute atomic E-state index is 13.3. The smallest absolute Gasteiger partial charge is 0.411 e. The molecule has 0 unspecified atom stereocenters. The van der Waals surface area contributed by atoms with Gasteiger partial charge in [0.2, 0.25) is 5.56 Å². The third-order valence-corrected chi connectivity index (χ3v) is 17.4. The highest BCUT2D eigenvalue weighted by molar-refractivity contribution is 6.74. The van der Waals surface area contributed by atoms with Gasteiger partial charge in [-0.2, -0.15) is 0 Å². The Kier molecular flexibility index (Phi) is 16.4. The molecule has 12 nitrogen and oxygen atoms in total. The molecule has 13 heteroatoms. The van der Waals surface area contributed by atoms with Crippen LogP contribution in [-0.4, -0.2) is 54.9 Å². The third kappa shape index (κ3) is 14.2. The van der Waals surface area contributed by atoms with Crippen LogP contribution in [0, 0.1) is 0 Å². The zero-order valence-corrected chi connectivity index (χ0v) is 42.7. The Morgan fingerprint density at radius 3 is 2.13 bits per heavy atom. The van der Waals surface area contributed by atoms with Gasteiger partial charge in [0.15, 0.2) is 8.32 Å². The van der Waals surface area contributed by atoms with Gasteiger partial charge in [0.1, 0.15) is 29.0 Å². The molecular weight excluding hydrogens is 897 g/mol. The van der Waals surface area contributed by atoms with Crippen LogP contribution >= 0.6 is 0 Å². The molecule has 0 spiro atoms. The molecule has 1 saturated carbocycles. The van der Waals surface area contributed by atoms with Crippen molar-refractivity contribution in [2.75, 3.05) is 11.9 Å². The van der Waals surface area contributed by atoms with Crippen LogP contribution in [-0.2, 0) is 26.9 Å². The molecule has 1 aliphatic rings. The van der Waals surface area contributed by atoms with E-state index in [2.05, 4.69) is 73.0 Å². The molecule has 7 rings (SSSR count). The fourth-order valence-corrected chi connectivity index (χ4v) is 9.47. The number of allylic oxidation sites excluding steroid dienone is 1. The van der Waals surface area contributed by atoms with Crippen molar-refractivity contribution >= 4 is 43.2 Å². The summed E-state index contributed by atoms with van der Waals surface area (Å²) in [5.74, 6) is 1.49. The number of amides is 2. The number of aromatic amines is 1. The lowest BCUT2D eigenvalue weighted by Crippen LogP contribution is -2.43. The number of fused-ring (bicyclic) bond motifs is 1. The number of pyridine rings is 1. The largest absolute Gasteiger partial charge is 0.506 e. The number of rotatable bonds is 16. The average molecular weight is 965 g/mol. The van der Waals surface area contributed by atoms with Gasteiger partial charge in [0.05, 0.1) is 17.3 Å². The molecule has 368 valence electrons. The Bertz CT molecular complexity index is 2810. The van der Waals surface area contributed by atoms with Crippen LogP contribution in [0.15, 0.2) is 132 Å². The molecule has 1 atom stereocenters. The summed E-state index contributed by atoms with van der Waals surface area (Å²) in [4.78, 5) is 40.4. The number of aromatic hydroxyl groups is 1. The van der Waals surface area contributed by atoms with Gasteiger partial charge in [-0.25, -0.2) is 9.59 Å². The van der Waals surface area contributed by atoms with E-state index in [1.165, 1.54) is 6.07 Å². The normalized spacial score (nSPS) is 15.9. The van der Waals surface area contributed by atoms with E-state index >= 15 is 0 Å². The van der Waals surface area contributed by atoms with E-state index < -0.39 is 26.1 Å². The van der Waals surface area contributed by atoms with E-state index in [4.69, 9.17) is 18.6 Å². The maximum atomic E-state index is 13.3. The first-order chi connectivity index (χ1) is 33.3. The number of alkyl carbamates (subject to hydrolysis) is 1. The van der Waals surface area contributed by atoms with Gasteiger partial charge in [-0.3, -0.25) is 10.1 Å². The third-order valence-electron chi connectivity index (χ3n) is 12.9. The van der Waals surface area contributed by atoms with Crippen LogP contribution in [0.4, 0.5) is 15.3 Å². The van der Waals surface area contributed by atoms with Crippen LogP contribution in [0.3, 0.4) is 0 Å². The number of H-pyrrole nitrogens is 1. The molecule has 0 saturated heterocycles. The van der Waals surface area contributed by atoms with E-state index in [-0.39, 0.29) is 34.6 Å². The number of benzene rings is 5. The zero-order valence-electron chi connectivity index (χ0n) is 41.7. The standard InChI is InChI=1S/C57H68N4O8Si/c1-56(2,3)68-55(65)59-42-22-28-45(29-23-42)67-54(64)60-49-35-39(21-30-46(49)41-15-10-9-11-16-41)14-12-13-38-17-24-43(25-18-38)66-44-26-19-40(20-27-44)36-58-37-51(69-70(7,8)57(4,5)6)47-31-33-50(62)53-48(47)32-34-52(63)61-53/h9-12,14-21,24-27,30-35,42,45,51,58,62H,13,22-23,28-29,36-37H2,1-8H3,(H,59,65)(H,60,64)(H,61,63)/t42-,45-,51-/m0/s1. The zero-order chi connectivity index (χ0) is 50.1. The Morgan fingerprint density at radius 1 is 0.800 bits per heavy atom. The van der Waals surface area contributed by atoms with E-state index in [9.17, 15) is 19.5 Å². The minimum atomic E-state index is -2.21. The molecule has 0 aliphatic heterocycles. The van der Waals surface area contributed by atoms with Gasteiger partial charge in [-0.15, -0.1) is 0 Å². The fraction of sp³-hybridized carbons (Fsp3) is 0.351. The molecule has 0 bridgehead atoms. The monoisotopic (exact) mass is 964 g/mol. The van der Waals surface area contributed by atoms with Crippen LogP contribution in [0.5, 0.6) is 17.2 Å². The topological polar surface area (TPSA) is 160 Å². The molecule has 2 amide bonds. The number of aromatic nitrogens is 1. The highest BCUT2D eigenvalue weighted by Crippen LogP contribution is 2.41. The molecule has 1 aliphatic carbocycles. The second kappa shape index (κ2) is 22.4. The van der Waals surface area contributed by atoms with E-state index in [1.807, 2.05) is 118 Å². The summed E-state index contributed by atoms with van der Waals surface area (Å²) in [7, 11) is -2.21. The Hall–Kier alpha value is -6.67. The van der Waals surface area contributed by atoms with Gasteiger partial charge in [-0.1, -0.05) is 106 Å². The van der Waals surface area contributed by atoms with Crippen molar-refractivity contribution < 1.29 is 33.3 Å². The van der Waals surface area contributed by atoms with Crippen molar-refractivity contribution in [3.8, 4) is 28.4 Å². The number of hydrogen-bond acceptors (Lipinski definition) is 9. The lowest BCUT2D eigenvalue weighted by Gasteiger charge is -2.39. The van der Waals surface area contributed by atoms with Crippen molar-refractivity contribution in [2.45, 2.75) is 122 Å². The number of phenols is 1. The highest BCUT2D eigenvalue weighted by atomic mass is 28.4. The minimum Gasteiger partial charge on any atom is -0.506 e. The Morgan fingerprint density at radius 2 is 1.47 bits per heavy atom. The molecule has 5 aromatic carbocycles. The number of hydrogen-bond donors (Lipinski definition) is 5. The van der Waals surface area contributed by atoms with Crippen molar-refractivity contribution in [3.05, 3.63) is 160 Å². The molecule has 0 radical (unpaired) electrons. The van der Waals surface area contributed by atoms with E-state index in [1.54, 1.807) is 12.1 Å². The number of ether oxygens (including phenoxy) is 3. The van der Waals surface area contributed by atoms with Gasteiger partial charge in [0.25, 0.3) is 0 Å². The van der Waals surface area contributed by atoms with Crippen LogP contribution in [0.2, 0.25) is 18.1 Å². The molecule has 1 heterocycles. The number of nitrogens with one attached hydrogen (secondary N) is 4. The second-order valence-electron chi connectivity index (χ2n) is 20.6. The van der Waals surface area contributed by atoms with Crippen molar-refractivity contribution in [1.82, 2.24) is 15.6 Å². The predicted octanol–water partition coefficient (Wildman–Crippen LogP) is 13.2. The average Bonchev–Trinajstić information content (AvgIpc) is 3.30. The first kappa shape index (κ1) is 51.2. The molecule has 5 N–H and O–H groups in total. The Balaban J connectivity index is 0.918. The van der Waals surface area contributed by atoms with E-state index in [0.717, 1.165) is 50.3 Å². The summed E-state index contributed by atoms with van der Waals surface area (Å²) < 4.78 is 24.5.